The number of nitrogens with one attached hydrogen (secondary N) is 1. The van der Waals surface area contributed by atoms with Gasteiger partial charge in [-0.2, -0.15) is 0 Å². The summed E-state index contributed by atoms with van der Waals surface area (Å²) >= 11 is 1.65. The van der Waals surface area contributed by atoms with Crippen molar-refractivity contribution in [2.24, 2.45) is 4.99 Å². The lowest BCUT2D eigenvalue weighted by atomic mass is 10.2. The first-order valence-electron chi connectivity index (χ1n) is 7.07. The second-order valence-electron chi connectivity index (χ2n) is 5.83. The molecule has 21 heavy (non-hydrogen) atoms. The third kappa shape index (κ3) is 5.34. The predicted molar refractivity (Wildman–Crippen MR) is 83.9 cm³/mol. The monoisotopic (exact) mass is 310 g/mol. The average Bonchev–Trinajstić information content (AvgIpc) is 2.90. The van der Waals surface area contributed by atoms with Crippen molar-refractivity contribution in [3.05, 3.63) is 16.6 Å². The van der Waals surface area contributed by atoms with Crippen molar-refractivity contribution in [1.29, 1.82) is 0 Å². The van der Waals surface area contributed by atoms with Crippen LogP contribution in [0.25, 0.3) is 0 Å². The second-order valence-corrected chi connectivity index (χ2v) is 6.81. The van der Waals surface area contributed by atoms with Crippen LogP contribution in [-0.2, 0) is 11.2 Å². The summed E-state index contributed by atoms with van der Waals surface area (Å²) in [6, 6.07) is 0. The van der Waals surface area contributed by atoms with Gasteiger partial charge < -0.3 is 10.1 Å². The lowest BCUT2D eigenvalue weighted by molar-refractivity contribution is 0.0276. The van der Waals surface area contributed by atoms with E-state index in [9.17, 15) is 4.79 Å². The number of aromatic nitrogens is 1. The molecular weight excluding hydrogens is 288 g/mol. The van der Waals surface area contributed by atoms with E-state index in [0.29, 0.717) is 19.6 Å². The molecule has 116 valence electrons. The van der Waals surface area contributed by atoms with E-state index in [-0.39, 0.29) is 6.09 Å². The summed E-state index contributed by atoms with van der Waals surface area (Å²) in [5, 5.41) is 6.34. The van der Waals surface area contributed by atoms with Gasteiger partial charge in [0.1, 0.15) is 11.4 Å². The van der Waals surface area contributed by atoms with Gasteiger partial charge in [0.25, 0.3) is 0 Å². The highest BCUT2D eigenvalue weighted by molar-refractivity contribution is 7.09. The number of ether oxygens (including phenoxy) is 1. The predicted octanol–water partition coefficient (Wildman–Crippen LogP) is 1.92. The molecular formula is C14H22N4O2S. The summed E-state index contributed by atoms with van der Waals surface area (Å²) in [4.78, 5) is 22.4. The van der Waals surface area contributed by atoms with Crippen molar-refractivity contribution in [3.8, 4) is 0 Å². The Hall–Kier alpha value is -1.63. The van der Waals surface area contributed by atoms with Crippen molar-refractivity contribution in [1.82, 2.24) is 15.2 Å². The molecule has 1 aromatic heterocycles. The van der Waals surface area contributed by atoms with Crippen molar-refractivity contribution < 1.29 is 9.53 Å². The number of amidine groups is 1. The Morgan fingerprint density at radius 1 is 1.52 bits per heavy atom. The molecule has 2 rings (SSSR count). The Morgan fingerprint density at radius 3 is 3.00 bits per heavy atom. The molecule has 0 bridgehead atoms. The summed E-state index contributed by atoms with van der Waals surface area (Å²) in [6.45, 7) is 8.08. The highest BCUT2D eigenvalue weighted by Gasteiger charge is 2.24. The maximum Gasteiger partial charge on any atom is 0.410 e. The fourth-order valence-electron chi connectivity index (χ4n) is 1.90. The van der Waals surface area contributed by atoms with Crippen molar-refractivity contribution in [2.45, 2.75) is 32.8 Å². The minimum atomic E-state index is -0.468. The molecule has 1 N–H and O–H groups in total. The number of rotatable bonds is 3. The lowest BCUT2D eigenvalue weighted by Crippen LogP contribution is -2.47. The molecule has 1 aliphatic heterocycles. The van der Waals surface area contributed by atoms with Gasteiger partial charge in [0.15, 0.2) is 0 Å². The minimum absolute atomic E-state index is 0.281. The first kappa shape index (κ1) is 15.8. The molecule has 0 aromatic carbocycles. The van der Waals surface area contributed by atoms with E-state index in [2.05, 4.69) is 15.3 Å². The molecule has 2 heterocycles. The van der Waals surface area contributed by atoms with Gasteiger partial charge in [0.2, 0.25) is 0 Å². The standard InChI is InChI=1S/C14H22N4O2S/c1-14(2,3)20-13(19)18-8-6-16-11(10-18)15-5-4-12-17-7-9-21-12/h7,9H,4-6,8,10H2,1-3H3,(H,15,16). The van der Waals surface area contributed by atoms with Crippen LogP contribution in [0.1, 0.15) is 25.8 Å². The number of nitrogens with zero attached hydrogens (tertiary/aromatic N) is 3. The normalized spacial score (nSPS) is 15.6. The molecule has 1 amide bonds. The molecule has 0 unspecified atom stereocenters. The molecule has 0 aliphatic carbocycles. The first-order chi connectivity index (χ1) is 9.94. The zero-order chi connectivity index (χ0) is 15.3. The van der Waals surface area contributed by atoms with Gasteiger partial charge in [-0.05, 0) is 20.8 Å². The molecule has 0 fully saturated rings. The number of amides is 1. The van der Waals surface area contributed by atoms with E-state index in [1.807, 2.05) is 32.3 Å². The summed E-state index contributed by atoms with van der Waals surface area (Å²) < 4.78 is 5.38. The van der Waals surface area contributed by atoms with E-state index in [0.717, 1.165) is 23.8 Å². The fraction of sp³-hybridized carbons (Fsp3) is 0.643. The largest absolute Gasteiger partial charge is 0.444 e. The van der Waals surface area contributed by atoms with E-state index in [1.165, 1.54) is 0 Å². The number of carbonyl (C=O) groups is 1. The molecule has 0 radical (unpaired) electrons. The van der Waals surface area contributed by atoms with Crippen LogP contribution in [-0.4, -0.2) is 53.6 Å². The summed E-state index contributed by atoms with van der Waals surface area (Å²) in [5.74, 6) is 0.837. The third-order valence-corrected chi connectivity index (χ3v) is 3.66. The van der Waals surface area contributed by atoms with E-state index >= 15 is 0 Å². The molecule has 1 aliphatic rings. The van der Waals surface area contributed by atoms with Crippen molar-refractivity contribution in [2.75, 3.05) is 26.2 Å². The van der Waals surface area contributed by atoms with Crippen LogP contribution in [0.15, 0.2) is 16.6 Å². The van der Waals surface area contributed by atoms with E-state index in [4.69, 9.17) is 4.74 Å². The molecule has 0 atom stereocenters. The van der Waals surface area contributed by atoms with Gasteiger partial charge in [-0.25, -0.2) is 9.78 Å². The van der Waals surface area contributed by atoms with Crippen LogP contribution in [0.4, 0.5) is 4.79 Å². The third-order valence-electron chi connectivity index (χ3n) is 2.82. The van der Waals surface area contributed by atoms with Crippen LogP contribution in [0.2, 0.25) is 0 Å². The van der Waals surface area contributed by atoms with Crippen molar-refractivity contribution in [3.63, 3.8) is 0 Å². The van der Waals surface area contributed by atoms with E-state index < -0.39 is 5.60 Å². The van der Waals surface area contributed by atoms with Gasteiger partial charge in [-0.3, -0.25) is 9.89 Å². The van der Waals surface area contributed by atoms with Crippen LogP contribution in [0.5, 0.6) is 0 Å². The Labute approximate surface area is 129 Å². The van der Waals surface area contributed by atoms with Crippen LogP contribution in [0.3, 0.4) is 0 Å². The topological polar surface area (TPSA) is 66.8 Å². The molecule has 6 nitrogen and oxygen atoms in total. The maximum absolute atomic E-state index is 12.0. The number of aliphatic imine (C=N–C) groups is 1. The Morgan fingerprint density at radius 2 is 2.33 bits per heavy atom. The lowest BCUT2D eigenvalue weighted by Gasteiger charge is -2.29. The first-order valence-corrected chi connectivity index (χ1v) is 7.95. The van der Waals surface area contributed by atoms with Gasteiger partial charge in [0, 0.05) is 31.1 Å². The quantitative estimate of drug-likeness (QED) is 0.926. The van der Waals surface area contributed by atoms with Crippen molar-refractivity contribution >= 4 is 23.3 Å². The summed E-state index contributed by atoms with van der Waals surface area (Å²) in [5.41, 5.74) is -0.468. The maximum atomic E-state index is 12.0. The smallest absolute Gasteiger partial charge is 0.410 e. The van der Waals surface area contributed by atoms with Gasteiger partial charge in [-0.1, -0.05) is 0 Å². The molecule has 0 saturated carbocycles. The summed E-state index contributed by atoms with van der Waals surface area (Å²) in [7, 11) is 0. The zero-order valence-corrected chi connectivity index (χ0v) is 13.6. The van der Waals surface area contributed by atoms with E-state index in [1.54, 1.807) is 16.2 Å². The minimum Gasteiger partial charge on any atom is -0.444 e. The van der Waals surface area contributed by atoms with Gasteiger partial charge in [0.05, 0.1) is 18.1 Å². The average molecular weight is 310 g/mol. The molecule has 1 aromatic rings. The highest BCUT2D eigenvalue weighted by Crippen LogP contribution is 2.11. The van der Waals surface area contributed by atoms with Crippen LogP contribution in [0, 0.1) is 0 Å². The second kappa shape index (κ2) is 6.89. The Balaban J connectivity index is 1.77. The number of thiazole rings is 1. The number of hydrogen-bond donors (Lipinski definition) is 1. The van der Waals surface area contributed by atoms with Gasteiger partial charge >= 0.3 is 6.09 Å². The Kier molecular flexibility index (Phi) is 5.17. The van der Waals surface area contributed by atoms with Crippen LogP contribution < -0.4 is 5.32 Å². The number of hydrogen-bond acceptors (Lipinski definition) is 6. The van der Waals surface area contributed by atoms with Crippen LogP contribution >= 0.6 is 11.3 Å². The summed E-state index contributed by atoms with van der Waals surface area (Å²) in [6.07, 6.45) is 2.39. The fourth-order valence-corrected chi connectivity index (χ4v) is 2.52. The SMILES string of the molecule is CC(C)(C)OC(=O)N1CCN=C(NCCc2nccs2)C1. The molecule has 7 heteroatoms. The number of carbonyl (C=O) groups excluding carboxylic acids is 1. The Bertz CT molecular complexity index is 494. The molecule has 0 spiro atoms. The zero-order valence-electron chi connectivity index (χ0n) is 12.8. The highest BCUT2D eigenvalue weighted by atomic mass is 32.1. The molecule has 0 saturated heterocycles. The van der Waals surface area contributed by atoms with Gasteiger partial charge in [-0.15, -0.1) is 11.3 Å².